The predicted molar refractivity (Wildman–Crippen MR) is 88.8 cm³/mol. The summed E-state index contributed by atoms with van der Waals surface area (Å²) in [5, 5.41) is 2.53. The Morgan fingerprint density at radius 2 is 2.00 bits per heavy atom. The van der Waals surface area contributed by atoms with Gasteiger partial charge in [0.15, 0.2) is 0 Å². The second-order valence-electron chi connectivity index (χ2n) is 5.74. The third-order valence-corrected chi connectivity index (χ3v) is 2.82. The van der Waals surface area contributed by atoms with E-state index in [-0.39, 0.29) is 12.5 Å². The van der Waals surface area contributed by atoms with Crippen LogP contribution in [0.4, 0.5) is 10.5 Å². The number of methoxy groups -OCH3 is 1. The van der Waals surface area contributed by atoms with Crippen molar-refractivity contribution >= 4 is 17.7 Å². The number of hydrogen-bond acceptors (Lipinski definition) is 4. The van der Waals surface area contributed by atoms with Crippen LogP contribution in [0.3, 0.4) is 0 Å². The second kappa shape index (κ2) is 7.54. The maximum Gasteiger partial charge on any atom is 0.415 e. The Morgan fingerprint density at radius 1 is 1.35 bits per heavy atom. The third kappa shape index (κ3) is 4.92. The number of hydrogen-bond donors (Lipinski definition) is 1. The van der Waals surface area contributed by atoms with Gasteiger partial charge in [-0.2, -0.15) is 0 Å². The minimum absolute atomic E-state index is 0.0184. The molecule has 0 heterocycles. The second-order valence-corrected chi connectivity index (χ2v) is 5.74. The van der Waals surface area contributed by atoms with Crippen LogP contribution in [0.25, 0.3) is 0 Å². The summed E-state index contributed by atoms with van der Waals surface area (Å²) < 4.78 is 10.7. The van der Waals surface area contributed by atoms with Crippen molar-refractivity contribution in [1.82, 2.24) is 5.32 Å². The van der Waals surface area contributed by atoms with Gasteiger partial charge in [-0.1, -0.05) is 5.92 Å². The lowest BCUT2D eigenvalue weighted by Gasteiger charge is -2.27. The molecule has 0 aliphatic rings. The van der Waals surface area contributed by atoms with Gasteiger partial charge in [0.05, 0.1) is 19.3 Å². The largest absolute Gasteiger partial charge is 0.495 e. The van der Waals surface area contributed by atoms with Gasteiger partial charge >= 0.3 is 6.09 Å². The molecule has 23 heavy (non-hydrogen) atoms. The summed E-state index contributed by atoms with van der Waals surface area (Å²) in [6, 6.07) is 4.73. The smallest absolute Gasteiger partial charge is 0.415 e. The first-order valence-electron chi connectivity index (χ1n) is 7.07. The lowest BCUT2D eigenvalue weighted by atomic mass is 10.1. The van der Waals surface area contributed by atoms with Crippen molar-refractivity contribution in [2.24, 2.45) is 0 Å². The maximum atomic E-state index is 12.4. The molecular formula is C17H22N2O4. The summed E-state index contributed by atoms with van der Waals surface area (Å²) in [4.78, 5) is 25.4. The van der Waals surface area contributed by atoms with Crippen molar-refractivity contribution in [3.05, 3.63) is 23.8 Å². The fourth-order valence-electron chi connectivity index (χ4n) is 1.84. The van der Waals surface area contributed by atoms with E-state index in [1.807, 2.05) is 0 Å². The van der Waals surface area contributed by atoms with Crippen LogP contribution in [-0.2, 0) is 4.74 Å². The number of benzene rings is 1. The average Bonchev–Trinajstić information content (AvgIpc) is 2.49. The average molecular weight is 318 g/mol. The first kappa shape index (κ1) is 18.4. The molecule has 0 unspecified atom stereocenters. The maximum absolute atomic E-state index is 12.4. The summed E-state index contributed by atoms with van der Waals surface area (Å²) >= 11 is 0. The van der Waals surface area contributed by atoms with Gasteiger partial charge in [0, 0.05) is 12.6 Å². The summed E-state index contributed by atoms with van der Waals surface area (Å²) in [5.41, 5.74) is 0.199. The molecule has 6 nitrogen and oxygen atoms in total. The van der Waals surface area contributed by atoms with Crippen molar-refractivity contribution in [2.75, 3.05) is 25.6 Å². The van der Waals surface area contributed by atoms with E-state index >= 15 is 0 Å². The van der Waals surface area contributed by atoms with Crippen LogP contribution >= 0.6 is 0 Å². The first-order valence-corrected chi connectivity index (χ1v) is 7.07. The monoisotopic (exact) mass is 318 g/mol. The number of nitrogens with zero attached hydrogens (tertiary/aromatic N) is 1. The van der Waals surface area contributed by atoms with Gasteiger partial charge in [-0.15, -0.1) is 6.42 Å². The van der Waals surface area contributed by atoms with Crippen molar-refractivity contribution in [3.63, 3.8) is 0 Å². The van der Waals surface area contributed by atoms with Crippen molar-refractivity contribution < 1.29 is 19.1 Å². The van der Waals surface area contributed by atoms with Gasteiger partial charge in [-0.05, 0) is 39.0 Å². The summed E-state index contributed by atoms with van der Waals surface area (Å²) in [7, 11) is 2.99. The molecule has 0 bridgehead atoms. The van der Waals surface area contributed by atoms with Crippen LogP contribution in [0.15, 0.2) is 18.2 Å². The van der Waals surface area contributed by atoms with Crippen molar-refractivity contribution in [1.29, 1.82) is 0 Å². The topological polar surface area (TPSA) is 67.9 Å². The van der Waals surface area contributed by atoms with Crippen LogP contribution in [0.1, 0.15) is 31.1 Å². The Morgan fingerprint density at radius 3 is 2.48 bits per heavy atom. The lowest BCUT2D eigenvalue weighted by molar-refractivity contribution is 0.0584. The molecule has 0 saturated heterocycles. The quantitative estimate of drug-likeness (QED) is 0.866. The predicted octanol–water partition coefficient (Wildman–Crippen LogP) is 2.43. The standard InChI is InChI=1S/C17H22N2O4/c1-7-10-19(16(21)23-17(2,3)4)13-9-8-12(15(20)18-5)11-14(13)22-6/h1,8-9,11H,10H2,2-6H3,(H,18,20). The van der Waals surface area contributed by atoms with E-state index in [4.69, 9.17) is 15.9 Å². The van der Waals surface area contributed by atoms with Crippen LogP contribution in [0.5, 0.6) is 5.75 Å². The molecule has 0 fully saturated rings. The van der Waals surface area contributed by atoms with Gasteiger partial charge in [0.2, 0.25) is 0 Å². The van der Waals surface area contributed by atoms with E-state index < -0.39 is 11.7 Å². The molecule has 2 amide bonds. The van der Waals surface area contributed by atoms with Crippen molar-refractivity contribution in [3.8, 4) is 18.1 Å². The molecule has 0 spiro atoms. The zero-order chi connectivity index (χ0) is 17.6. The Bertz CT molecular complexity index is 626. The Hall–Kier alpha value is -2.68. The third-order valence-electron chi connectivity index (χ3n) is 2.82. The van der Waals surface area contributed by atoms with Gasteiger partial charge in [-0.25, -0.2) is 4.79 Å². The van der Waals surface area contributed by atoms with E-state index in [0.717, 1.165) is 0 Å². The summed E-state index contributed by atoms with van der Waals surface area (Å²) in [6.45, 7) is 5.32. The highest BCUT2D eigenvalue weighted by Gasteiger charge is 2.25. The zero-order valence-electron chi connectivity index (χ0n) is 14.1. The summed E-state index contributed by atoms with van der Waals surface area (Å²) in [6.07, 6.45) is 4.77. The highest BCUT2D eigenvalue weighted by Crippen LogP contribution is 2.30. The molecular weight excluding hydrogens is 296 g/mol. The minimum Gasteiger partial charge on any atom is -0.495 e. The number of carbonyl (C=O) groups is 2. The van der Waals surface area contributed by atoms with E-state index in [0.29, 0.717) is 17.0 Å². The van der Waals surface area contributed by atoms with Crippen molar-refractivity contribution in [2.45, 2.75) is 26.4 Å². The molecule has 124 valence electrons. The number of anilines is 1. The molecule has 0 atom stereocenters. The highest BCUT2D eigenvalue weighted by atomic mass is 16.6. The van der Waals surface area contributed by atoms with Gasteiger partial charge in [-0.3, -0.25) is 9.69 Å². The number of nitrogens with one attached hydrogen (secondary N) is 1. The first-order chi connectivity index (χ1) is 10.7. The van der Waals surface area contributed by atoms with Gasteiger partial charge < -0.3 is 14.8 Å². The molecule has 0 aliphatic carbocycles. The molecule has 1 aromatic carbocycles. The molecule has 1 N–H and O–H groups in total. The van der Waals surface area contributed by atoms with E-state index in [9.17, 15) is 9.59 Å². The van der Waals surface area contributed by atoms with E-state index in [1.165, 1.54) is 19.1 Å². The molecule has 1 rings (SSSR count). The minimum atomic E-state index is -0.654. The van der Waals surface area contributed by atoms with E-state index in [2.05, 4.69) is 11.2 Å². The van der Waals surface area contributed by atoms with E-state index in [1.54, 1.807) is 39.0 Å². The van der Waals surface area contributed by atoms with Gasteiger partial charge in [0.25, 0.3) is 5.91 Å². The van der Waals surface area contributed by atoms with Crippen LogP contribution in [0.2, 0.25) is 0 Å². The SMILES string of the molecule is C#CCN(C(=O)OC(C)(C)C)c1ccc(C(=O)NC)cc1OC. The fourth-order valence-corrected chi connectivity index (χ4v) is 1.84. The number of amides is 2. The number of carbonyl (C=O) groups excluding carboxylic acids is 2. The molecule has 1 aromatic rings. The normalized spacial score (nSPS) is 10.4. The van der Waals surface area contributed by atoms with Crippen LogP contribution < -0.4 is 15.0 Å². The number of rotatable bonds is 4. The Labute approximate surface area is 136 Å². The van der Waals surface area contributed by atoms with Crippen LogP contribution in [0, 0.1) is 12.3 Å². The molecule has 0 aliphatic heterocycles. The molecule has 6 heteroatoms. The number of terminal acetylenes is 1. The highest BCUT2D eigenvalue weighted by molar-refractivity contribution is 5.97. The fraction of sp³-hybridized carbons (Fsp3) is 0.412. The molecule has 0 aromatic heterocycles. The Balaban J connectivity index is 3.24. The number of ether oxygens (including phenoxy) is 2. The van der Waals surface area contributed by atoms with Gasteiger partial charge in [0.1, 0.15) is 11.4 Å². The molecule has 0 radical (unpaired) electrons. The Kier molecular flexibility index (Phi) is 6.02. The zero-order valence-corrected chi connectivity index (χ0v) is 14.1. The summed E-state index contributed by atoms with van der Waals surface area (Å²) in [5.74, 6) is 2.52. The molecule has 0 saturated carbocycles. The van der Waals surface area contributed by atoms with Crippen LogP contribution in [-0.4, -0.2) is 38.3 Å². The lowest BCUT2D eigenvalue weighted by Crippen LogP contribution is -2.37.